The molecule has 0 aromatic carbocycles. The molecule has 3 rings (SSSR count). The summed E-state index contributed by atoms with van der Waals surface area (Å²) in [4.78, 5) is 28.6. The van der Waals surface area contributed by atoms with Gasteiger partial charge in [-0.25, -0.2) is 9.68 Å². The summed E-state index contributed by atoms with van der Waals surface area (Å²) in [6.45, 7) is 9.07. The lowest BCUT2D eigenvalue weighted by molar-refractivity contribution is -0.346. The van der Waals surface area contributed by atoms with Crippen LogP contribution in [0.2, 0.25) is 0 Å². The highest BCUT2D eigenvalue weighted by Gasteiger charge is 2.64. The first-order valence-corrected chi connectivity index (χ1v) is 7.89. The Hall–Kier alpha value is -1.66. The summed E-state index contributed by atoms with van der Waals surface area (Å²) < 4.78 is 11.0. The zero-order valence-corrected chi connectivity index (χ0v) is 13.6. The van der Waals surface area contributed by atoms with E-state index >= 15 is 0 Å². The van der Waals surface area contributed by atoms with Crippen molar-refractivity contribution in [2.75, 3.05) is 0 Å². The Kier molecular flexibility index (Phi) is 3.84. The lowest BCUT2D eigenvalue weighted by Crippen LogP contribution is -2.53. The first kappa shape index (κ1) is 16.2. The molecule has 1 saturated heterocycles. The molecule has 6 nitrogen and oxygen atoms in total. The minimum atomic E-state index is -1.10. The fraction of sp³-hybridized carbons (Fsp3) is 0.647. The second kappa shape index (κ2) is 5.46. The van der Waals surface area contributed by atoms with Crippen molar-refractivity contribution in [2.45, 2.75) is 51.4 Å². The third kappa shape index (κ3) is 2.16. The number of hydrogen-bond acceptors (Lipinski definition) is 6. The smallest absolute Gasteiger partial charge is 0.334 e. The van der Waals surface area contributed by atoms with Crippen LogP contribution in [0.3, 0.4) is 0 Å². The largest absolute Gasteiger partial charge is 0.462 e. The molecule has 1 heterocycles. The van der Waals surface area contributed by atoms with E-state index in [9.17, 15) is 14.8 Å². The number of fused-ring (bicyclic) bond motifs is 3. The number of carbonyl (C=O) groups is 2. The molecule has 6 atom stereocenters. The van der Waals surface area contributed by atoms with E-state index in [1.165, 1.54) is 6.92 Å². The Labute approximate surface area is 135 Å². The molecule has 1 N–H and O–H groups in total. The first-order chi connectivity index (χ1) is 10.8. The Balaban J connectivity index is 2.11. The van der Waals surface area contributed by atoms with Gasteiger partial charge in [0.2, 0.25) is 0 Å². The molecule has 23 heavy (non-hydrogen) atoms. The van der Waals surface area contributed by atoms with Gasteiger partial charge in [0.25, 0.3) is 0 Å². The van der Waals surface area contributed by atoms with E-state index in [1.54, 1.807) is 0 Å². The normalized spacial score (nSPS) is 42.4. The molecule has 0 amide bonds. The second-order valence-corrected chi connectivity index (χ2v) is 6.85. The summed E-state index contributed by atoms with van der Waals surface area (Å²) in [5.74, 6) is -1.41. The summed E-state index contributed by atoms with van der Waals surface area (Å²) in [5, 5.41) is 9.78. The lowest BCUT2D eigenvalue weighted by atomic mass is 9.74. The van der Waals surface area contributed by atoms with Crippen molar-refractivity contribution in [3.8, 4) is 0 Å². The summed E-state index contributed by atoms with van der Waals surface area (Å²) >= 11 is 0. The summed E-state index contributed by atoms with van der Waals surface area (Å²) in [6.07, 6.45) is 2.03. The highest BCUT2D eigenvalue weighted by atomic mass is 17.1. The number of ether oxygens (including phenoxy) is 2. The lowest BCUT2D eigenvalue weighted by Gasteiger charge is -2.39. The number of hydrogen-bond donors (Lipinski definition) is 1. The fourth-order valence-corrected chi connectivity index (χ4v) is 4.58. The Morgan fingerprint density at radius 3 is 2.83 bits per heavy atom. The minimum Gasteiger partial charge on any atom is -0.462 e. The second-order valence-electron chi connectivity index (χ2n) is 6.85. The number of esters is 2. The molecule has 0 bridgehead atoms. The van der Waals surface area contributed by atoms with Crippen molar-refractivity contribution in [3.63, 3.8) is 0 Å². The van der Waals surface area contributed by atoms with Crippen LogP contribution in [0.5, 0.6) is 0 Å². The molecule has 0 radical (unpaired) electrons. The van der Waals surface area contributed by atoms with Crippen molar-refractivity contribution in [2.24, 2.45) is 17.8 Å². The third-order valence-corrected chi connectivity index (χ3v) is 5.65. The fourth-order valence-electron chi connectivity index (χ4n) is 4.58. The van der Waals surface area contributed by atoms with Crippen molar-refractivity contribution >= 4 is 11.9 Å². The van der Waals surface area contributed by atoms with Crippen LogP contribution < -0.4 is 0 Å². The van der Waals surface area contributed by atoms with Gasteiger partial charge in [-0.05, 0) is 31.3 Å². The monoisotopic (exact) mass is 322 g/mol. The molecule has 6 unspecified atom stereocenters. The van der Waals surface area contributed by atoms with Crippen LogP contribution in [0.15, 0.2) is 23.8 Å². The minimum absolute atomic E-state index is 0.0562. The average molecular weight is 322 g/mol. The van der Waals surface area contributed by atoms with Crippen LogP contribution >= 0.6 is 0 Å². The van der Waals surface area contributed by atoms with Gasteiger partial charge in [-0.2, -0.15) is 0 Å². The predicted molar refractivity (Wildman–Crippen MR) is 80.2 cm³/mol. The molecule has 3 aliphatic rings. The standard InChI is InChI=1S/C17H22O6/c1-8-7-13(21-11(4)18)14-10(3)16(19)22-15(14)17(23-20)9(2)5-6-12(8)17/h5,8,12-15,20H,3,6-7H2,1-2,4H3. The number of allylic oxidation sites excluding steroid dienone is 1. The molecular formula is C17H22O6. The van der Waals surface area contributed by atoms with E-state index in [2.05, 4.69) is 6.58 Å². The van der Waals surface area contributed by atoms with Crippen molar-refractivity contribution in [1.82, 2.24) is 0 Å². The number of carbonyl (C=O) groups excluding carboxylic acids is 2. The van der Waals surface area contributed by atoms with Crippen molar-refractivity contribution in [1.29, 1.82) is 0 Å². The van der Waals surface area contributed by atoms with Crippen LogP contribution in [-0.4, -0.2) is 35.0 Å². The maximum absolute atomic E-state index is 12.1. The van der Waals surface area contributed by atoms with Crippen LogP contribution in [0.1, 0.15) is 33.6 Å². The SMILES string of the molecule is C=C1C(=O)OC2C1C(OC(C)=O)CC(C)C1CC=C(C)C12OO. The van der Waals surface area contributed by atoms with Crippen LogP contribution in [0.4, 0.5) is 0 Å². The van der Waals surface area contributed by atoms with Crippen LogP contribution in [0.25, 0.3) is 0 Å². The highest BCUT2D eigenvalue weighted by Crippen LogP contribution is 2.55. The van der Waals surface area contributed by atoms with E-state index in [-0.39, 0.29) is 17.4 Å². The topological polar surface area (TPSA) is 82.1 Å². The maximum atomic E-state index is 12.1. The van der Waals surface area contributed by atoms with Gasteiger partial charge in [-0.1, -0.05) is 19.6 Å². The van der Waals surface area contributed by atoms with Crippen LogP contribution in [-0.2, 0) is 24.0 Å². The molecule has 0 aromatic heterocycles. The molecule has 6 heteroatoms. The van der Waals surface area contributed by atoms with Gasteiger partial charge >= 0.3 is 11.9 Å². The zero-order chi connectivity index (χ0) is 16.9. The average Bonchev–Trinajstić information content (AvgIpc) is 2.93. The molecule has 0 aromatic rings. The third-order valence-electron chi connectivity index (χ3n) is 5.65. The van der Waals surface area contributed by atoms with Gasteiger partial charge in [0.1, 0.15) is 12.2 Å². The Morgan fingerprint density at radius 2 is 2.22 bits per heavy atom. The van der Waals surface area contributed by atoms with E-state index in [0.29, 0.717) is 12.8 Å². The predicted octanol–water partition coefficient (Wildman–Crippen LogP) is 2.25. The molecule has 0 spiro atoms. The summed E-state index contributed by atoms with van der Waals surface area (Å²) in [5.41, 5.74) is -0.00305. The molecule has 2 fully saturated rings. The molecule has 1 saturated carbocycles. The first-order valence-electron chi connectivity index (χ1n) is 7.89. The van der Waals surface area contributed by atoms with E-state index in [4.69, 9.17) is 14.4 Å². The summed E-state index contributed by atoms with van der Waals surface area (Å²) in [7, 11) is 0. The van der Waals surface area contributed by atoms with Gasteiger partial charge in [0, 0.05) is 18.4 Å². The molecule has 126 valence electrons. The van der Waals surface area contributed by atoms with Gasteiger partial charge < -0.3 is 9.47 Å². The Morgan fingerprint density at radius 1 is 1.52 bits per heavy atom. The van der Waals surface area contributed by atoms with E-state index < -0.39 is 35.7 Å². The van der Waals surface area contributed by atoms with Gasteiger partial charge in [-0.3, -0.25) is 10.1 Å². The molecule has 2 aliphatic carbocycles. The van der Waals surface area contributed by atoms with E-state index in [0.717, 1.165) is 5.57 Å². The van der Waals surface area contributed by atoms with Crippen molar-refractivity contribution in [3.05, 3.63) is 23.8 Å². The molecule has 1 aliphatic heterocycles. The van der Waals surface area contributed by atoms with E-state index in [1.807, 2.05) is 19.9 Å². The summed E-state index contributed by atoms with van der Waals surface area (Å²) in [6, 6.07) is 0. The van der Waals surface area contributed by atoms with Gasteiger partial charge in [-0.15, -0.1) is 0 Å². The quantitative estimate of drug-likeness (QED) is 0.276. The van der Waals surface area contributed by atoms with Crippen molar-refractivity contribution < 1.29 is 29.2 Å². The highest BCUT2D eigenvalue weighted by molar-refractivity contribution is 5.91. The zero-order valence-electron chi connectivity index (χ0n) is 13.6. The maximum Gasteiger partial charge on any atom is 0.334 e. The van der Waals surface area contributed by atoms with Gasteiger partial charge in [0.15, 0.2) is 5.60 Å². The van der Waals surface area contributed by atoms with Crippen LogP contribution in [0, 0.1) is 17.8 Å². The molecular weight excluding hydrogens is 300 g/mol. The van der Waals surface area contributed by atoms with Gasteiger partial charge in [0.05, 0.1) is 5.92 Å². The Bertz CT molecular complexity index is 594. The number of rotatable bonds is 2.